The van der Waals surface area contributed by atoms with Crippen LogP contribution < -0.4 is 0 Å². The van der Waals surface area contributed by atoms with Crippen LogP contribution in [0.4, 0.5) is 5.69 Å². The van der Waals surface area contributed by atoms with E-state index in [-0.39, 0.29) is 5.75 Å². The lowest BCUT2D eigenvalue weighted by Gasteiger charge is -1.97. The van der Waals surface area contributed by atoms with Gasteiger partial charge in [-0.25, -0.2) is 4.99 Å². The van der Waals surface area contributed by atoms with Crippen molar-refractivity contribution in [3.05, 3.63) is 71.4 Å². The summed E-state index contributed by atoms with van der Waals surface area (Å²) in [6, 6.07) is 18.0. The van der Waals surface area contributed by atoms with Gasteiger partial charge in [0.15, 0.2) is 0 Å². The summed E-state index contributed by atoms with van der Waals surface area (Å²) in [7, 11) is 0. The summed E-state index contributed by atoms with van der Waals surface area (Å²) in [5, 5.41) is 10.3. The highest BCUT2D eigenvalue weighted by molar-refractivity contribution is 6.30. The molecule has 0 atom stereocenters. The van der Waals surface area contributed by atoms with Gasteiger partial charge >= 0.3 is 0 Å². The van der Waals surface area contributed by atoms with Crippen LogP contribution in [0.2, 0.25) is 5.02 Å². The van der Waals surface area contributed by atoms with Crippen molar-refractivity contribution in [3.63, 3.8) is 0 Å². The van der Waals surface area contributed by atoms with Gasteiger partial charge in [-0.1, -0.05) is 23.7 Å². The standard InChI is InChI=1S/C17H12ClNO2/c18-13-7-5-12(6-8-13)17-10-9-14(21-17)11-19-15-3-1-2-4-16(15)20/h1-11,20H/b19-11+. The van der Waals surface area contributed by atoms with E-state index in [9.17, 15) is 5.11 Å². The van der Waals surface area contributed by atoms with Crippen molar-refractivity contribution in [2.24, 2.45) is 4.99 Å². The molecule has 0 amide bonds. The highest BCUT2D eigenvalue weighted by Crippen LogP contribution is 2.26. The Bertz CT molecular complexity index is 775. The number of hydrogen-bond donors (Lipinski definition) is 1. The second-order valence-corrected chi connectivity index (χ2v) is 4.89. The molecule has 0 saturated heterocycles. The van der Waals surface area contributed by atoms with E-state index in [0.29, 0.717) is 16.5 Å². The average Bonchev–Trinajstić information content (AvgIpc) is 2.96. The van der Waals surface area contributed by atoms with Crippen molar-refractivity contribution in [1.29, 1.82) is 0 Å². The maximum Gasteiger partial charge on any atom is 0.145 e. The van der Waals surface area contributed by atoms with Gasteiger partial charge in [-0.05, 0) is 48.5 Å². The topological polar surface area (TPSA) is 45.7 Å². The number of halogens is 1. The molecule has 0 bridgehead atoms. The third-order valence-electron chi connectivity index (χ3n) is 2.97. The van der Waals surface area contributed by atoms with E-state index in [1.807, 2.05) is 42.5 Å². The highest BCUT2D eigenvalue weighted by Gasteiger charge is 2.03. The van der Waals surface area contributed by atoms with Gasteiger partial charge in [0.2, 0.25) is 0 Å². The molecule has 0 spiro atoms. The number of aliphatic imine (C=N–C) groups is 1. The molecular formula is C17H12ClNO2. The molecule has 1 aromatic heterocycles. The Labute approximate surface area is 127 Å². The molecule has 0 aliphatic carbocycles. The number of aromatic hydroxyl groups is 1. The largest absolute Gasteiger partial charge is 0.506 e. The fourth-order valence-corrected chi connectivity index (χ4v) is 2.02. The summed E-state index contributed by atoms with van der Waals surface area (Å²) in [4.78, 5) is 4.21. The van der Waals surface area contributed by atoms with E-state index < -0.39 is 0 Å². The maximum absolute atomic E-state index is 9.64. The first kappa shape index (κ1) is 13.5. The van der Waals surface area contributed by atoms with Crippen LogP contribution in [0.15, 0.2) is 70.1 Å². The quantitative estimate of drug-likeness (QED) is 0.687. The van der Waals surface area contributed by atoms with Crippen LogP contribution in [0.5, 0.6) is 5.75 Å². The van der Waals surface area contributed by atoms with Gasteiger partial charge < -0.3 is 9.52 Å². The van der Waals surface area contributed by atoms with Gasteiger partial charge in [-0.2, -0.15) is 0 Å². The predicted octanol–water partition coefficient (Wildman–Crippen LogP) is 5.06. The number of hydrogen-bond acceptors (Lipinski definition) is 3. The SMILES string of the molecule is Oc1ccccc1/N=C/c1ccc(-c2ccc(Cl)cc2)o1. The van der Waals surface area contributed by atoms with Crippen LogP contribution in [0.1, 0.15) is 5.76 Å². The predicted molar refractivity (Wildman–Crippen MR) is 84.5 cm³/mol. The van der Waals surface area contributed by atoms with Crippen LogP contribution in [0.25, 0.3) is 11.3 Å². The summed E-state index contributed by atoms with van der Waals surface area (Å²) < 4.78 is 5.70. The molecule has 3 rings (SSSR count). The van der Waals surface area contributed by atoms with Crippen molar-refractivity contribution in [1.82, 2.24) is 0 Å². The number of rotatable bonds is 3. The van der Waals surface area contributed by atoms with E-state index in [0.717, 1.165) is 11.3 Å². The molecule has 0 radical (unpaired) electrons. The number of para-hydroxylation sites is 2. The lowest BCUT2D eigenvalue weighted by molar-refractivity contribution is 0.477. The molecule has 1 heterocycles. The molecular weight excluding hydrogens is 286 g/mol. The Hall–Kier alpha value is -2.52. The number of benzene rings is 2. The molecule has 104 valence electrons. The Kier molecular flexibility index (Phi) is 3.75. The van der Waals surface area contributed by atoms with Gasteiger partial charge in [-0.3, -0.25) is 0 Å². The van der Waals surface area contributed by atoms with E-state index in [2.05, 4.69) is 4.99 Å². The van der Waals surface area contributed by atoms with Crippen LogP contribution in [-0.4, -0.2) is 11.3 Å². The van der Waals surface area contributed by atoms with Crippen LogP contribution >= 0.6 is 11.6 Å². The summed E-state index contributed by atoms with van der Waals surface area (Å²) in [5.41, 5.74) is 1.45. The van der Waals surface area contributed by atoms with Crippen LogP contribution in [0, 0.1) is 0 Å². The van der Waals surface area contributed by atoms with Crippen molar-refractivity contribution >= 4 is 23.5 Å². The summed E-state index contributed by atoms with van der Waals surface area (Å²) >= 11 is 5.86. The monoisotopic (exact) mass is 297 g/mol. The molecule has 0 fully saturated rings. The molecule has 2 aromatic carbocycles. The first-order valence-corrected chi connectivity index (χ1v) is 6.78. The normalized spacial score (nSPS) is 11.1. The minimum atomic E-state index is 0.137. The molecule has 0 aliphatic heterocycles. The maximum atomic E-state index is 9.64. The minimum Gasteiger partial charge on any atom is -0.506 e. The third kappa shape index (κ3) is 3.15. The zero-order chi connectivity index (χ0) is 14.7. The van der Waals surface area contributed by atoms with Gasteiger partial charge in [0.25, 0.3) is 0 Å². The first-order chi connectivity index (χ1) is 10.2. The van der Waals surface area contributed by atoms with Gasteiger partial charge in [0.1, 0.15) is 23.0 Å². The lowest BCUT2D eigenvalue weighted by atomic mass is 10.2. The van der Waals surface area contributed by atoms with Gasteiger partial charge in [0.05, 0.1) is 6.21 Å². The zero-order valence-electron chi connectivity index (χ0n) is 11.0. The summed E-state index contributed by atoms with van der Waals surface area (Å²) in [5.74, 6) is 1.49. The molecule has 0 saturated carbocycles. The molecule has 0 aliphatic rings. The van der Waals surface area contributed by atoms with Crippen molar-refractivity contribution in [3.8, 4) is 17.1 Å². The number of phenols is 1. The van der Waals surface area contributed by atoms with Crippen LogP contribution in [0.3, 0.4) is 0 Å². The highest BCUT2D eigenvalue weighted by atomic mass is 35.5. The molecule has 4 heteroatoms. The Balaban J connectivity index is 1.82. The third-order valence-corrected chi connectivity index (χ3v) is 3.22. The number of furan rings is 1. The molecule has 3 nitrogen and oxygen atoms in total. The second-order valence-electron chi connectivity index (χ2n) is 4.46. The van der Waals surface area contributed by atoms with E-state index in [1.165, 1.54) is 0 Å². The summed E-state index contributed by atoms with van der Waals surface area (Å²) in [6.45, 7) is 0. The average molecular weight is 298 g/mol. The smallest absolute Gasteiger partial charge is 0.145 e. The fraction of sp³-hybridized carbons (Fsp3) is 0. The molecule has 0 unspecified atom stereocenters. The van der Waals surface area contributed by atoms with Crippen LogP contribution in [-0.2, 0) is 0 Å². The van der Waals surface area contributed by atoms with Crippen molar-refractivity contribution < 1.29 is 9.52 Å². The molecule has 3 aromatic rings. The fourth-order valence-electron chi connectivity index (χ4n) is 1.90. The molecule has 1 N–H and O–H groups in total. The summed E-state index contributed by atoms with van der Waals surface area (Å²) in [6.07, 6.45) is 1.58. The Morgan fingerprint density at radius 3 is 2.48 bits per heavy atom. The van der Waals surface area contributed by atoms with E-state index >= 15 is 0 Å². The van der Waals surface area contributed by atoms with E-state index in [4.69, 9.17) is 16.0 Å². The van der Waals surface area contributed by atoms with Gasteiger partial charge in [0, 0.05) is 10.6 Å². The number of nitrogens with zero attached hydrogens (tertiary/aromatic N) is 1. The second kappa shape index (κ2) is 5.85. The lowest BCUT2D eigenvalue weighted by Crippen LogP contribution is -1.75. The Morgan fingerprint density at radius 1 is 0.952 bits per heavy atom. The Morgan fingerprint density at radius 2 is 1.71 bits per heavy atom. The van der Waals surface area contributed by atoms with E-state index in [1.54, 1.807) is 24.4 Å². The first-order valence-electron chi connectivity index (χ1n) is 6.40. The van der Waals surface area contributed by atoms with Gasteiger partial charge in [-0.15, -0.1) is 0 Å². The van der Waals surface area contributed by atoms with Crippen molar-refractivity contribution in [2.75, 3.05) is 0 Å². The number of phenolic OH excluding ortho intramolecular Hbond substituents is 1. The molecule has 21 heavy (non-hydrogen) atoms. The zero-order valence-corrected chi connectivity index (χ0v) is 11.8. The minimum absolute atomic E-state index is 0.137. The van der Waals surface area contributed by atoms with Crippen molar-refractivity contribution in [2.45, 2.75) is 0 Å².